The maximum Gasteiger partial charge on any atom is 0.346 e. The standard InChI is InChI=1S/C25H24O14/c26-10-25(35)20(30)17(9-37-23(34)19(29)22(32)33)39-24(21(25)31)38-13-5-6-14-16(7-13)36-8-15(18(14)28)11-1-3-12(27)4-2-11/h1-8,17,19-21,24,26-27,29-31,35H,9-10H2,(H,32,33)/t17-,19-,20-,21+,24+,25+/m0/s1. The third-order valence-electron chi connectivity index (χ3n) is 6.22. The molecule has 0 spiro atoms. The number of aliphatic carboxylic acids is 1. The molecule has 7 N–H and O–H groups in total. The lowest BCUT2D eigenvalue weighted by atomic mass is 9.85. The smallest absolute Gasteiger partial charge is 0.346 e. The lowest BCUT2D eigenvalue weighted by Crippen LogP contribution is -2.69. The van der Waals surface area contributed by atoms with Crippen molar-refractivity contribution in [2.45, 2.75) is 36.3 Å². The van der Waals surface area contributed by atoms with Crippen molar-refractivity contribution in [1.29, 1.82) is 0 Å². The van der Waals surface area contributed by atoms with Gasteiger partial charge in [0.2, 0.25) is 12.4 Å². The molecule has 39 heavy (non-hydrogen) atoms. The molecular weight excluding hydrogens is 524 g/mol. The first kappa shape index (κ1) is 28.0. The predicted molar refractivity (Wildman–Crippen MR) is 128 cm³/mol. The molecule has 14 nitrogen and oxygen atoms in total. The molecule has 208 valence electrons. The number of phenols is 1. The molecule has 6 atom stereocenters. The molecule has 2 aromatic carbocycles. The summed E-state index contributed by atoms with van der Waals surface area (Å²) in [6, 6.07) is 9.90. The first-order chi connectivity index (χ1) is 18.5. The van der Waals surface area contributed by atoms with E-state index in [1.165, 1.54) is 36.6 Å². The third-order valence-corrected chi connectivity index (χ3v) is 6.22. The summed E-state index contributed by atoms with van der Waals surface area (Å²) in [5.74, 6) is -3.46. The van der Waals surface area contributed by atoms with E-state index in [9.17, 15) is 45.0 Å². The van der Waals surface area contributed by atoms with Crippen LogP contribution in [0.2, 0.25) is 0 Å². The molecule has 4 rings (SSSR count). The molecule has 2 heterocycles. The van der Waals surface area contributed by atoms with Gasteiger partial charge in [-0.05, 0) is 29.8 Å². The predicted octanol–water partition coefficient (Wildman–Crippen LogP) is -1.30. The number of phenolic OH excluding ortho intramolecular Hbond substituents is 1. The molecule has 1 aromatic heterocycles. The number of esters is 1. The van der Waals surface area contributed by atoms with Crippen LogP contribution in [0.5, 0.6) is 11.5 Å². The van der Waals surface area contributed by atoms with Gasteiger partial charge in [0.25, 0.3) is 0 Å². The van der Waals surface area contributed by atoms with Crippen LogP contribution >= 0.6 is 0 Å². The number of benzene rings is 2. The van der Waals surface area contributed by atoms with Gasteiger partial charge in [-0.2, -0.15) is 0 Å². The Morgan fingerprint density at radius 2 is 1.77 bits per heavy atom. The van der Waals surface area contributed by atoms with Crippen molar-refractivity contribution < 1.29 is 64.0 Å². The summed E-state index contributed by atoms with van der Waals surface area (Å²) in [6.07, 6.45) is -8.76. The summed E-state index contributed by atoms with van der Waals surface area (Å²) >= 11 is 0. The van der Waals surface area contributed by atoms with Crippen LogP contribution in [0.15, 0.2) is 57.9 Å². The number of carboxylic acids is 1. The van der Waals surface area contributed by atoms with E-state index >= 15 is 0 Å². The molecule has 1 aliphatic rings. The van der Waals surface area contributed by atoms with E-state index in [1.807, 2.05) is 0 Å². The monoisotopic (exact) mass is 548 g/mol. The quantitative estimate of drug-likeness (QED) is 0.128. The number of ether oxygens (including phenoxy) is 3. The summed E-state index contributed by atoms with van der Waals surface area (Å²) in [5.41, 5.74) is -2.18. The van der Waals surface area contributed by atoms with E-state index in [0.29, 0.717) is 5.56 Å². The molecule has 3 aromatic rings. The molecule has 0 bridgehead atoms. The topological polar surface area (TPSA) is 234 Å². The third kappa shape index (κ3) is 5.42. The Balaban J connectivity index is 1.56. The zero-order valence-electron chi connectivity index (χ0n) is 19.9. The van der Waals surface area contributed by atoms with E-state index in [-0.39, 0.29) is 33.5 Å². The van der Waals surface area contributed by atoms with Gasteiger partial charge in [0.1, 0.15) is 53.9 Å². The Bertz CT molecular complexity index is 1420. The summed E-state index contributed by atoms with van der Waals surface area (Å²) in [6.45, 7) is -2.06. The molecule has 0 saturated carbocycles. The Kier molecular flexibility index (Phi) is 7.87. The van der Waals surface area contributed by atoms with E-state index in [0.717, 1.165) is 0 Å². The number of fused-ring (bicyclic) bond motifs is 1. The molecule has 1 fully saturated rings. The van der Waals surface area contributed by atoms with Crippen molar-refractivity contribution in [2.24, 2.45) is 0 Å². The molecule has 14 heteroatoms. The van der Waals surface area contributed by atoms with Gasteiger partial charge in [-0.15, -0.1) is 0 Å². The van der Waals surface area contributed by atoms with Gasteiger partial charge in [-0.25, -0.2) is 9.59 Å². The van der Waals surface area contributed by atoms with E-state index in [4.69, 9.17) is 19.0 Å². The Morgan fingerprint density at radius 3 is 2.41 bits per heavy atom. The maximum atomic E-state index is 13.0. The van der Waals surface area contributed by atoms with Gasteiger partial charge in [0.15, 0.2) is 5.43 Å². The van der Waals surface area contributed by atoms with Crippen molar-refractivity contribution in [1.82, 2.24) is 0 Å². The number of aliphatic hydroxyl groups excluding tert-OH is 4. The van der Waals surface area contributed by atoms with Gasteiger partial charge in [-0.1, -0.05) is 12.1 Å². The molecule has 0 radical (unpaired) electrons. The highest BCUT2D eigenvalue weighted by Crippen LogP contribution is 2.33. The van der Waals surface area contributed by atoms with Crippen LogP contribution < -0.4 is 10.2 Å². The number of rotatable bonds is 8. The lowest BCUT2D eigenvalue weighted by molar-refractivity contribution is -0.320. The van der Waals surface area contributed by atoms with Gasteiger partial charge in [-0.3, -0.25) is 4.79 Å². The Hall–Kier alpha value is -4.05. The number of carboxylic acid groups (broad SMARTS) is 1. The highest BCUT2D eigenvalue weighted by Gasteiger charge is 2.56. The number of carbonyl (C=O) groups is 2. The minimum absolute atomic E-state index is 0.0247. The van der Waals surface area contributed by atoms with Crippen LogP contribution in [0.4, 0.5) is 0 Å². The average molecular weight is 548 g/mol. The van der Waals surface area contributed by atoms with E-state index in [1.54, 1.807) is 12.1 Å². The van der Waals surface area contributed by atoms with Gasteiger partial charge in [0, 0.05) is 6.07 Å². The first-order valence-electron chi connectivity index (χ1n) is 11.4. The largest absolute Gasteiger partial charge is 0.508 e. The maximum absolute atomic E-state index is 13.0. The second-order valence-electron chi connectivity index (χ2n) is 8.75. The fourth-order valence-corrected chi connectivity index (χ4v) is 3.96. The SMILES string of the molecule is O=C(O)[C@H](O)C(=O)OC[C@@H]1O[C@@H](Oc2ccc3c(=O)c(-c4ccc(O)cc4)coc3c2)[C@@H](O)[C@@](O)(CO)[C@H]1O. The normalized spacial score (nSPS) is 25.7. The van der Waals surface area contributed by atoms with Crippen LogP contribution in [0.3, 0.4) is 0 Å². The average Bonchev–Trinajstić information content (AvgIpc) is 2.92. The second kappa shape index (κ2) is 11.0. The fraction of sp³-hybridized carbons (Fsp3) is 0.320. The van der Waals surface area contributed by atoms with Crippen molar-refractivity contribution in [3.8, 4) is 22.6 Å². The minimum Gasteiger partial charge on any atom is -0.508 e. The summed E-state index contributed by atoms with van der Waals surface area (Å²) in [7, 11) is 0. The van der Waals surface area contributed by atoms with Crippen LogP contribution in [-0.4, -0.2) is 97.2 Å². The highest BCUT2D eigenvalue weighted by atomic mass is 16.7. The van der Waals surface area contributed by atoms with Crippen molar-refractivity contribution in [3.05, 3.63) is 59.0 Å². The van der Waals surface area contributed by atoms with Crippen LogP contribution in [0, 0.1) is 0 Å². The van der Waals surface area contributed by atoms with E-state index < -0.39 is 61.5 Å². The summed E-state index contributed by atoms with van der Waals surface area (Å²) in [4.78, 5) is 35.4. The lowest BCUT2D eigenvalue weighted by Gasteiger charge is -2.46. The van der Waals surface area contributed by atoms with Gasteiger partial charge >= 0.3 is 11.9 Å². The van der Waals surface area contributed by atoms with Crippen LogP contribution in [0.1, 0.15) is 0 Å². The Morgan fingerprint density at radius 1 is 1.08 bits per heavy atom. The number of aromatic hydroxyl groups is 1. The first-order valence-corrected chi connectivity index (χ1v) is 11.4. The fourth-order valence-electron chi connectivity index (χ4n) is 3.96. The molecule has 0 unspecified atom stereocenters. The van der Waals surface area contributed by atoms with Crippen molar-refractivity contribution in [2.75, 3.05) is 13.2 Å². The molecular formula is C25H24O14. The molecule has 1 saturated heterocycles. The zero-order valence-corrected chi connectivity index (χ0v) is 19.9. The zero-order chi connectivity index (χ0) is 28.5. The number of carbonyl (C=O) groups excluding carboxylic acids is 1. The number of hydrogen-bond donors (Lipinski definition) is 7. The van der Waals surface area contributed by atoms with E-state index in [2.05, 4.69) is 4.74 Å². The molecule has 1 aliphatic heterocycles. The number of aliphatic hydroxyl groups is 5. The Labute approximate surface area is 218 Å². The van der Waals surface area contributed by atoms with Crippen molar-refractivity contribution in [3.63, 3.8) is 0 Å². The van der Waals surface area contributed by atoms with Gasteiger partial charge < -0.3 is 54.4 Å². The number of hydrogen-bond acceptors (Lipinski definition) is 13. The summed E-state index contributed by atoms with van der Waals surface area (Å²) in [5, 5.41) is 68.9. The summed E-state index contributed by atoms with van der Waals surface area (Å²) < 4.78 is 21.2. The minimum atomic E-state index is -2.62. The van der Waals surface area contributed by atoms with Crippen LogP contribution in [-0.2, 0) is 19.1 Å². The molecule has 0 aliphatic carbocycles. The van der Waals surface area contributed by atoms with Gasteiger partial charge in [0.05, 0.1) is 17.6 Å². The van der Waals surface area contributed by atoms with Crippen LogP contribution in [0.25, 0.3) is 22.1 Å². The van der Waals surface area contributed by atoms with Crippen molar-refractivity contribution >= 4 is 22.9 Å². The molecule has 0 amide bonds. The highest BCUT2D eigenvalue weighted by molar-refractivity contribution is 5.96. The second-order valence-corrected chi connectivity index (χ2v) is 8.75.